The molecule has 9 rings (SSSR count). The first kappa shape index (κ1) is 17.4. The molecule has 6 aromatic rings. The minimum atomic E-state index is 1.01. The van der Waals surface area contributed by atoms with E-state index in [-0.39, 0.29) is 0 Å². The molecule has 5 aromatic carbocycles. The lowest BCUT2D eigenvalue weighted by molar-refractivity contribution is 1.02. The molecule has 0 N–H and O–H groups in total. The topological polar surface area (TPSA) is 4.93 Å². The average Bonchev–Trinajstić information content (AvgIpc) is 3.55. The molecule has 1 nitrogen and oxygen atoms in total. The zero-order valence-corrected chi connectivity index (χ0v) is 18.7. The van der Waals surface area contributed by atoms with Gasteiger partial charge in [-0.15, -0.1) is 0 Å². The van der Waals surface area contributed by atoms with Crippen LogP contribution in [0.15, 0.2) is 91.0 Å². The molecule has 3 aliphatic rings. The van der Waals surface area contributed by atoms with Gasteiger partial charge < -0.3 is 4.57 Å². The monoisotopic (exact) mass is 431 g/mol. The summed E-state index contributed by atoms with van der Waals surface area (Å²) < 4.78 is 2.62. The molecule has 0 bridgehead atoms. The first-order chi connectivity index (χ1) is 16.9. The second kappa shape index (κ2) is 5.87. The highest BCUT2D eigenvalue weighted by atomic mass is 15.0. The van der Waals surface area contributed by atoms with E-state index in [0.717, 1.165) is 19.3 Å². The van der Waals surface area contributed by atoms with Gasteiger partial charge in [-0.2, -0.15) is 0 Å². The van der Waals surface area contributed by atoms with E-state index in [1.807, 2.05) is 0 Å². The Morgan fingerprint density at radius 3 is 1.88 bits per heavy atom. The molecule has 0 amide bonds. The lowest BCUT2D eigenvalue weighted by Gasteiger charge is -2.23. The summed E-state index contributed by atoms with van der Waals surface area (Å²) in [4.78, 5) is 0. The number of aromatic nitrogens is 1. The molecule has 1 aliphatic heterocycles. The normalized spacial score (nSPS) is 14.1. The summed E-state index contributed by atoms with van der Waals surface area (Å²) in [7, 11) is 0. The summed E-state index contributed by atoms with van der Waals surface area (Å²) in [6.45, 7) is 0. The van der Waals surface area contributed by atoms with Crippen molar-refractivity contribution in [2.75, 3.05) is 0 Å². The van der Waals surface area contributed by atoms with Gasteiger partial charge in [0.2, 0.25) is 0 Å². The molecule has 0 saturated carbocycles. The number of fused-ring (bicyclic) bond motifs is 13. The molecule has 0 saturated heterocycles. The predicted molar refractivity (Wildman–Crippen MR) is 140 cm³/mol. The van der Waals surface area contributed by atoms with Crippen molar-refractivity contribution in [2.24, 2.45) is 0 Å². The van der Waals surface area contributed by atoms with Crippen LogP contribution >= 0.6 is 0 Å². The molecule has 0 fully saturated rings. The average molecular weight is 432 g/mol. The first-order valence-electron chi connectivity index (χ1n) is 12.3. The van der Waals surface area contributed by atoms with Crippen LogP contribution < -0.4 is 0 Å². The number of nitrogens with zero attached hydrogens (tertiary/aromatic N) is 1. The molecule has 158 valence electrons. The lowest BCUT2D eigenvalue weighted by Crippen LogP contribution is -2.10. The Morgan fingerprint density at radius 1 is 0.441 bits per heavy atom. The Labute approximate surface area is 197 Å². The van der Waals surface area contributed by atoms with Crippen molar-refractivity contribution >= 4 is 21.8 Å². The summed E-state index contributed by atoms with van der Waals surface area (Å²) in [5.41, 5.74) is 18.8. The van der Waals surface area contributed by atoms with Gasteiger partial charge in [-0.05, 0) is 74.2 Å². The molecular formula is C33H21N. The Hall–Kier alpha value is -4.10. The van der Waals surface area contributed by atoms with E-state index >= 15 is 0 Å². The van der Waals surface area contributed by atoms with Crippen molar-refractivity contribution in [1.29, 1.82) is 0 Å². The highest BCUT2D eigenvalue weighted by molar-refractivity contribution is 6.15. The van der Waals surface area contributed by atoms with Crippen molar-refractivity contribution in [3.63, 3.8) is 0 Å². The SMILES string of the molecule is c1ccc2c(c1)Cc1c-2cc2c3ccc4c(c3n3c2c1Cc1ccccc1-3)Cc1ccccc1-4. The van der Waals surface area contributed by atoms with Crippen molar-refractivity contribution < 1.29 is 0 Å². The van der Waals surface area contributed by atoms with Crippen LogP contribution in [-0.4, -0.2) is 4.57 Å². The maximum absolute atomic E-state index is 2.62. The van der Waals surface area contributed by atoms with E-state index in [9.17, 15) is 0 Å². The molecule has 1 aromatic heterocycles. The molecule has 0 spiro atoms. The van der Waals surface area contributed by atoms with Gasteiger partial charge in [0.15, 0.2) is 0 Å². The molecule has 0 unspecified atom stereocenters. The van der Waals surface area contributed by atoms with Crippen LogP contribution in [0.1, 0.15) is 33.4 Å². The standard InChI is InChI=1S/C33H21N/c1-4-10-22-20(8-1)16-28-24(22)13-14-25-30-18-27-23-11-5-2-7-19(23)15-26(27)29-17-21-9-3-6-12-31(21)34(32(25)28)33(29)30/h1-14,18H,15-17H2. The zero-order valence-electron chi connectivity index (χ0n) is 18.7. The van der Waals surface area contributed by atoms with E-state index < -0.39 is 0 Å². The van der Waals surface area contributed by atoms with Gasteiger partial charge in [-0.1, -0.05) is 78.9 Å². The highest BCUT2D eigenvalue weighted by Crippen LogP contribution is 2.50. The Kier molecular flexibility index (Phi) is 3.00. The molecule has 2 aliphatic carbocycles. The van der Waals surface area contributed by atoms with Crippen LogP contribution in [0.3, 0.4) is 0 Å². The van der Waals surface area contributed by atoms with Gasteiger partial charge in [0.05, 0.1) is 11.0 Å². The second-order valence-corrected chi connectivity index (χ2v) is 10.1. The van der Waals surface area contributed by atoms with Gasteiger partial charge >= 0.3 is 0 Å². The van der Waals surface area contributed by atoms with Gasteiger partial charge in [-0.25, -0.2) is 0 Å². The van der Waals surface area contributed by atoms with E-state index in [1.165, 1.54) is 83.1 Å². The minimum absolute atomic E-state index is 1.01. The van der Waals surface area contributed by atoms with Crippen LogP contribution in [-0.2, 0) is 19.3 Å². The van der Waals surface area contributed by atoms with Crippen LogP contribution in [0.2, 0.25) is 0 Å². The zero-order chi connectivity index (χ0) is 22.0. The third-order valence-corrected chi connectivity index (χ3v) is 8.49. The molecule has 2 heterocycles. The van der Waals surface area contributed by atoms with Crippen molar-refractivity contribution in [3.8, 4) is 27.9 Å². The molecule has 0 radical (unpaired) electrons. The molecular weight excluding hydrogens is 410 g/mol. The number of hydrogen-bond acceptors (Lipinski definition) is 0. The Balaban J connectivity index is 1.49. The molecule has 34 heavy (non-hydrogen) atoms. The van der Waals surface area contributed by atoms with Crippen molar-refractivity contribution in [3.05, 3.63) is 124 Å². The quantitative estimate of drug-likeness (QED) is 0.231. The summed E-state index contributed by atoms with van der Waals surface area (Å²) in [6.07, 6.45) is 3.08. The van der Waals surface area contributed by atoms with E-state index in [1.54, 1.807) is 0 Å². The van der Waals surface area contributed by atoms with Crippen molar-refractivity contribution in [1.82, 2.24) is 4.57 Å². The highest BCUT2D eigenvalue weighted by Gasteiger charge is 2.32. The van der Waals surface area contributed by atoms with Crippen molar-refractivity contribution in [2.45, 2.75) is 19.3 Å². The fourth-order valence-electron chi connectivity index (χ4n) is 7.08. The van der Waals surface area contributed by atoms with E-state index in [0.29, 0.717) is 0 Å². The lowest BCUT2D eigenvalue weighted by atomic mass is 9.90. The smallest absolute Gasteiger partial charge is 0.0582 e. The van der Waals surface area contributed by atoms with Gasteiger partial charge in [0.25, 0.3) is 0 Å². The van der Waals surface area contributed by atoms with Gasteiger partial charge in [0.1, 0.15) is 0 Å². The third-order valence-electron chi connectivity index (χ3n) is 8.49. The Morgan fingerprint density at radius 2 is 1.06 bits per heavy atom. The minimum Gasteiger partial charge on any atom is -0.308 e. The summed E-state index contributed by atoms with van der Waals surface area (Å²) in [5.74, 6) is 0. The van der Waals surface area contributed by atoms with Gasteiger partial charge in [-0.3, -0.25) is 0 Å². The number of hydrogen-bond donors (Lipinski definition) is 0. The van der Waals surface area contributed by atoms with Crippen LogP contribution in [0.25, 0.3) is 49.7 Å². The van der Waals surface area contributed by atoms with Crippen LogP contribution in [0.4, 0.5) is 0 Å². The largest absolute Gasteiger partial charge is 0.308 e. The van der Waals surface area contributed by atoms with E-state index in [4.69, 9.17) is 0 Å². The van der Waals surface area contributed by atoms with Gasteiger partial charge in [0, 0.05) is 29.3 Å². The second-order valence-electron chi connectivity index (χ2n) is 10.1. The Bertz CT molecular complexity index is 1880. The maximum Gasteiger partial charge on any atom is 0.0582 e. The maximum atomic E-state index is 2.62. The predicted octanol–water partition coefficient (Wildman–Crippen LogP) is 7.83. The summed E-state index contributed by atoms with van der Waals surface area (Å²) in [6, 6.07) is 34.2. The third kappa shape index (κ3) is 1.94. The first-order valence-corrected chi connectivity index (χ1v) is 12.3. The van der Waals surface area contributed by atoms with E-state index in [2.05, 4.69) is 95.6 Å². The van der Waals surface area contributed by atoms with Crippen LogP contribution in [0, 0.1) is 0 Å². The number of para-hydroxylation sites is 1. The number of benzene rings is 5. The van der Waals surface area contributed by atoms with Crippen LogP contribution in [0.5, 0.6) is 0 Å². The summed E-state index contributed by atoms with van der Waals surface area (Å²) >= 11 is 0. The number of rotatable bonds is 0. The molecule has 1 heteroatoms. The fourth-order valence-corrected chi connectivity index (χ4v) is 7.08. The fraction of sp³-hybridized carbons (Fsp3) is 0.0909. The molecule has 0 atom stereocenters. The summed E-state index contributed by atoms with van der Waals surface area (Å²) in [5, 5.41) is 2.81.